The number of anilines is 1. The maximum absolute atomic E-state index is 11.4. The third kappa shape index (κ3) is 4.82. The molecule has 0 heterocycles. The van der Waals surface area contributed by atoms with E-state index in [2.05, 4.69) is 10.5 Å². The van der Waals surface area contributed by atoms with Crippen LogP contribution in [0.1, 0.15) is 5.56 Å². The first-order valence-corrected chi connectivity index (χ1v) is 9.49. The van der Waals surface area contributed by atoms with Crippen LogP contribution in [-0.2, 0) is 20.2 Å². The van der Waals surface area contributed by atoms with Crippen LogP contribution in [0.15, 0.2) is 57.4 Å². The largest absolute Gasteiger partial charge is 0.295 e. The molecule has 0 saturated carbocycles. The standard InChI is InChI=1S/C13H11N3O8S2/c17-16(18)11-4-2-10(3-5-11)15-14-8-9-1-6-12(25(19,20)21)7-13(9)26(22,23)24/h1-8,15H,(H,19,20,21)(H,22,23,24)/b14-8-. The zero-order chi connectivity index (χ0) is 19.5. The van der Waals surface area contributed by atoms with Gasteiger partial charge in [0, 0.05) is 17.7 Å². The average molecular weight is 401 g/mol. The molecule has 0 radical (unpaired) electrons. The van der Waals surface area contributed by atoms with Crippen LogP contribution < -0.4 is 5.43 Å². The lowest BCUT2D eigenvalue weighted by atomic mass is 10.2. The van der Waals surface area contributed by atoms with Crippen LogP contribution in [0.2, 0.25) is 0 Å². The number of nitro benzene ring substituents is 1. The summed E-state index contributed by atoms with van der Waals surface area (Å²) in [6, 6.07) is 7.70. The Labute approximate surface area is 147 Å². The average Bonchev–Trinajstić information content (AvgIpc) is 2.53. The Kier molecular flexibility index (Phi) is 5.36. The molecule has 13 heteroatoms. The number of rotatable bonds is 6. The van der Waals surface area contributed by atoms with Crippen molar-refractivity contribution in [3.05, 3.63) is 58.1 Å². The van der Waals surface area contributed by atoms with Crippen molar-refractivity contribution in [2.24, 2.45) is 5.10 Å². The fourth-order valence-electron chi connectivity index (χ4n) is 1.84. The Morgan fingerprint density at radius 3 is 2.12 bits per heavy atom. The molecule has 0 saturated heterocycles. The number of non-ortho nitro benzene ring substituents is 1. The van der Waals surface area contributed by atoms with E-state index >= 15 is 0 Å². The van der Waals surface area contributed by atoms with E-state index in [0.29, 0.717) is 11.8 Å². The van der Waals surface area contributed by atoms with Gasteiger partial charge in [0.15, 0.2) is 0 Å². The lowest BCUT2D eigenvalue weighted by molar-refractivity contribution is -0.384. The van der Waals surface area contributed by atoms with Crippen LogP contribution in [0.5, 0.6) is 0 Å². The van der Waals surface area contributed by atoms with Crippen LogP contribution in [0.25, 0.3) is 0 Å². The summed E-state index contributed by atoms with van der Waals surface area (Å²) in [7, 11) is -9.46. The summed E-state index contributed by atoms with van der Waals surface area (Å²) in [6.07, 6.45) is 0.984. The zero-order valence-corrected chi connectivity index (χ0v) is 14.3. The Hall–Kier alpha value is -2.87. The van der Waals surface area contributed by atoms with Gasteiger partial charge in [-0.3, -0.25) is 24.6 Å². The van der Waals surface area contributed by atoms with Crippen molar-refractivity contribution < 1.29 is 30.9 Å². The number of hydrogen-bond acceptors (Lipinski definition) is 8. The fraction of sp³-hybridized carbons (Fsp3) is 0. The second-order valence-corrected chi connectivity index (χ2v) is 7.64. The molecular weight excluding hydrogens is 390 g/mol. The molecule has 2 aromatic carbocycles. The molecule has 0 aliphatic carbocycles. The molecule has 0 aliphatic rings. The minimum atomic E-state index is -4.80. The van der Waals surface area contributed by atoms with Crippen molar-refractivity contribution in [1.82, 2.24) is 0 Å². The molecule has 2 rings (SSSR count). The molecule has 0 atom stereocenters. The van der Waals surface area contributed by atoms with Crippen molar-refractivity contribution in [3.63, 3.8) is 0 Å². The van der Waals surface area contributed by atoms with Crippen molar-refractivity contribution in [1.29, 1.82) is 0 Å². The SMILES string of the molecule is O=[N+]([O-])c1ccc(N/N=C\c2ccc(S(=O)(=O)O)cc2S(=O)(=O)O)cc1. The quantitative estimate of drug-likeness (QED) is 0.280. The Bertz CT molecular complexity index is 1080. The second kappa shape index (κ2) is 7.17. The lowest BCUT2D eigenvalue weighted by Gasteiger charge is -2.05. The highest BCUT2D eigenvalue weighted by atomic mass is 32.2. The number of benzene rings is 2. The zero-order valence-electron chi connectivity index (χ0n) is 12.7. The number of hydrogen-bond donors (Lipinski definition) is 3. The second-order valence-electron chi connectivity index (χ2n) is 4.82. The maximum Gasteiger partial charge on any atom is 0.295 e. The van der Waals surface area contributed by atoms with E-state index in [9.17, 15) is 31.5 Å². The van der Waals surface area contributed by atoms with Gasteiger partial charge in [0.05, 0.1) is 21.7 Å². The smallest absolute Gasteiger partial charge is 0.282 e. The van der Waals surface area contributed by atoms with E-state index in [1.807, 2.05) is 0 Å². The summed E-state index contributed by atoms with van der Waals surface area (Å²) in [5, 5.41) is 14.3. The normalized spacial score (nSPS) is 12.2. The molecule has 0 bridgehead atoms. The van der Waals surface area contributed by atoms with Crippen LogP contribution in [0, 0.1) is 10.1 Å². The van der Waals surface area contributed by atoms with Gasteiger partial charge in [-0.1, -0.05) is 6.07 Å². The van der Waals surface area contributed by atoms with E-state index in [1.54, 1.807) is 0 Å². The van der Waals surface area contributed by atoms with Gasteiger partial charge >= 0.3 is 0 Å². The summed E-state index contributed by atoms with van der Waals surface area (Å²) >= 11 is 0. The Balaban J connectivity index is 2.30. The highest BCUT2D eigenvalue weighted by Gasteiger charge is 2.19. The minimum Gasteiger partial charge on any atom is -0.282 e. The first-order chi connectivity index (χ1) is 12.0. The molecule has 138 valence electrons. The number of hydrazone groups is 1. The van der Waals surface area contributed by atoms with Crippen LogP contribution in [0.3, 0.4) is 0 Å². The van der Waals surface area contributed by atoms with Gasteiger partial charge in [0.1, 0.15) is 4.90 Å². The van der Waals surface area contributed by atoms with Gasteiger partial charge in [-0.25, -0.2) is 0 Å². The van der Waals surface area contributed by atoms with E-state index in [1.165, 1.54) is 24.3 Å². The van der Waals surface area contributed by atoms with Gasteiger partial charge in [-0.15, -0.1) is 0 Å². The molecule has 0 amide bonds. The Morgan fingerprint density at radius 1 is 1.00 bits per heavy atom. The number of nitrogens with one attached hydrogen (secondary N) is 1. The third-order valence-corrected chi connectivity index (χ3v) is 4.80. The van der Waals surface area contributed by atoms with E-state index in [4.69, 9.17) is 4.55 Å². The molecular formula is C13H11N3O8S2. The monoisotopic (exact) mass is 401 g/mol. The first-order valence-electron chi connectivity index (χ1n) is 6.61. The van der Waals surface area contributed by atoms with Gasteiger partial charge in [0.25, 0.3) is 25.9 Å². The van der Waals surface area contributed by atoms with Gasteiger partial charge in [-0.2, -0.15) is 21.9 Å². The van der Waals surface area contributed by atoms with Crippen molar-refractivity contribution in [2.45, 2.75) is 9.79 Å². The number of nitrogens with zero attached hydrogens (tertiary/aromatic N) is 2. The van der Waals surface area contributed by atoms with E-state index < -0.39 is 35.0 Å². The lowest BCUT2D eigenvalue weighted by Crippen LogP contribution is -2.07. The van der Waals surface area contributed by atoms with Crippen molar-refractivity contribution in [3.8, 4) is 0 Å². The molecule has 0 unspecified atom stereocenters. The minimum absolute atomic E-state index is 0.131. The molecule has 0 aliphatic heterocycles. The molecule has 0 fully saturated rings. The molecule has 3 N–H and O–H groups in total. The van der Waals surface area contributed by atoms with E-state index in [-0.39, 0.29) is 11.3 Å². The summed E-state index contributed by atoms with van der Waals surface area (Å²) in [5.74, 6) is 0. The summed E-state index contributed by atoms with van der Waals surface area (Å²) in [6.45, 7) is 0. The highest BCUT2D eigenvalue weighted by Crippen LogP contribution is 2.20. The van der Waals surface area contributed by atoms with Gasteiger partial charge in [-0.05, 0) is 24.3 Å². The predicted molar refractivity (Wildman–Crippen MR) is 90.4 cm³/mol. The summed E-state index contributed by atoms with van der Waals surface area (Å²) in [4.78, 5) is 8.48. The molecule has 0 aromatic heterocycles. The van der Waals surface area contributed by atoms with Crippen LogP contribution in [0.4, 0.5) is 11.4 Å². The van der Waals surface area contributed by atoms with Gasteiger partial charge in [0.2, 0.25) is 0 Å². The maximum atomic E-state index is 11.4. The molecule has 26 heavy (non-hydrogen) atoms. The molecule has 11 nitrogen and oxygen atoms in total. The third-order valence-electron chi connectivity index (χ3n) is 3.04. The highest BCUT2D eigenvalue weighted by molar-refractivity contribution is 7.86. The van der Waals surface area contributed by atoms with Crippen molar-refractivity contribution in [2.75, 3.05) is 5.43 Å². The summed E-state index contributed by atoms with van der Waals surface area (Å²) in [5.41, 5.74) is 2.55. The fourth-order valence-corrected chi connectivity index (χ4v) is 3.12. The first kappa shape index (κ1) is 19.5. The van der Waals surface area contributed by atoms with Crippen LogP contribution in [-0.4, -0.2) is 37.1 Å². The Morgan fingerprint density at radius 2 is 1.62 bits per heavy atom. The summed E-state index contributed by atoms with van der Waals surface area (Å²) < 4.78 is 63.1. The predicted octanol–water partition coefficient (Wildman–Crippen LogP) is 1.53. The van der Waals surface area contributed by atoms with Crippen LogP contribution >= 0.6 is 0 Å². The molecule has 0 spiro atoms. The van der Waals surface area contributed by atoms with E-state index in [0.717, 1.165) is 18.3 Å². The number of nitro groups is 1. The van der Waals surface area contributed by atoms with Crippen molar-refractivity contribution >= 4 is 37.8 Å². The molecule has 2 aromatic rings. The topological polar surface area (TPSA) is 176 Å². The van der Waals surface area contributed by atoms with Gasteiger partial charge < -0.3 is 0 Å².